The lowest BCUT2D eigenvalue weighted by atomic mass is 10.0. The first-order chi connectivity index (χ1) is 8.36. The number of halogens is 1. The third kappa shape index (κ3) is 3.60. The maximum atomic E-state index is 12.4. The summed E-state index contributed by atoms with van der Waals surface area (Å²) >= 11 is 2.22. The van der Waals surface area contributed by atoms with Crippen molar-refractivity contribution in [2.45, 2.75) is 30.4 Å². The number of nitrogens with zero attached hydrogens (tertiary/aromatic N) is 1. The predicted molar refractivity (Wildman–Crippen MR) is 77.4 cm³/mol. The van der Waals surface area contributed by atoms with E-state index in [1.807, 2.05) is 13.8 Å². The number of rotatable bonds is 3. The zero-order valence-corrected chi connectivity index (χ0v) is 13.1. The molecule has 2 atom stereocenters. The summed E-state index contributed by atoms with van der Waals surface area (Å²) in [5.41, 5.74) is 1.04. The largest absolute Gasteiger partial charge is 0.453 e. The SMILES string of the molecule is C=C1C[C@@H](I)N(C(=O)[C@@H](NC(=O)OC)C(C)C)C1. The maximum Gasteiger partial charge on any atom is 0.407 e. The summed E-state index contributed by atoms with van der Waals surface area (Å²) in [5.74, 6) is -0.0671. The molecule has 1 saturated heterocycles. The van der Waals surface area contributed by atoms with Crippen molar-refractivity contribution in [2.24, 2.45) is 5.92 Å². The highest BCUT2D eigenvalue weighted by Gasteiger charge is 2.35. The number of carbonyl (C=O) groups excluding carboxylic acids is 2. The third-order valence-corrected chi connectivity index (χ3v) is 3.98. The number of alkyl carbamates (subject to hydrolysis) is 1. The highest BCUT2D eigenvalue weighted by Crippen LogP contribution is 2.27. The van der Waals surface area contributed by atoms with E-state index in [9.17, 15) is 9.59 Å². The molecule has 1 N–H and O–H groups in total. The Bertz CT molecular complexity index is 357. The Balaban J connectivity index is 2.77. The smallest absolute Gasteiger partial charge is 0.407 e. The molecule has 102 valence electrons. The van der Waals surface area contributed by atoms with Crippen LogP contribution in [0.3, 0.4) is 0 Å². The Morgan fingerprint density at radius 2 is 2.17 bits per heavy atom. The van der Waals surface area contributed by atoms with Gasteiger partial charge in [0.15, 0.2) is 0 Å². The van der Waals surface area contributed by atoms with Crippen molar-refractivity contribution in [2.75, 3.05) is 13.7 Å². The molecule has 6 heteroatoms. The topological polar surface area (TPSA) is 58.6 Å². The fraction of sp³-hybridized carbons (Fsp3) is 0.667. The van der Waals surface area contributed by atoms with Crippen LogP contribution >= 0.6 is 22.6 Å². The van der Waals surface area contributed by atoms with Crippen LogP contribution < -0.4 is 5.32 Å². The summed E-state index contributed by atoms with van der Waals surface area (Å²) in [6, 6.07) is -0.555. The quantitative estimate of drug-likeness (QED) is 0.359. The van der Waals surface area contributed by atoms with Gasteiger partial charge in [-0.25, -0.2) is 4.79 Å². The second-order valence-corrected chi connectivity index (χ2v) is 6.15. The van der Waals surface area contributed by atoms with E-state index in [4.69, 9.17) is 0 Å². The van der Waals surface area contributed by atoms with E-state index in [0.717, 1.165) is 12.0 Å². The fourth-order valence-electron chi connectivity index (χ4n) is 1.85. The fourth-order valence-corrected chi connectivity index (χ4v) is 2.94. The van der Waals surface area contributed by atoms with Gasteiger partial charge in [0.25, 0.3) is 0 Å². The van der Waals surface area contributed by atoms with Crippen LogP contribution in [0.1, 0.15) is 20.3 Å². The van der Waals surface area contributed by atoms with Crippen LogP contribution in [0.15, 0.2) is 12.2 Å². The first-order valence-electron chi connectivity index (χ1n) is 5.82. The van der Waals surface area contributed by atoms with Crippen molar-refractivity contribution in [3.05, 3.63) is 12.2 Å². The van der Waals surface area contributed by atoms with Gasteiger partial charge in [0.2, 0.25) is 5.91 Å². The van der Waals surface area contributed by atoms with Crippen LogP contribution in [0.4, 0.5) is 4.79 Å². The standard InChI is InChI=1S/C12H19IN2O3/c1-7(2)10(14-12(17)18-4)11(16)15-6-8(3)5-9(15)13/h7,9-10H,3,5-6H2,1-2,4H3,(H,14,17)/t9-,10-/m0/s1. The van der Waals surface area contributed by atoms with Gasteiger partial charge in [0.05, 0.1) is 11.2 Å². The number of carbonyl (C=O) groups is 2. The van der Waals surface area contributed by atoms with Gasteiger partial charge in [-0.15, -0.1) is 0 Å². The van der Waals surface area contributed by atoms with Gasteiger partial charge >= 0.3 is 6.09 Å². The van der Waals surface area contributed by atoms with Gasteiger partial charge in [-0.2, -0.15) is 0 Å². The van der Waals surface area contributed by atoms with Gasteiger partial charge in [-0.3, -0.25) is 4.79 Å². The third-order valence-electron chi connectivity index (χ3n) is 2.86. The van der Waals surface area contributed by atoms with Crippen LogP contribution in [0.5, 0.6) is 0 Å². The molecule has 1 aliphatic heterocycles. The number of amides is 2. The van der Waals surface area contributed by atoms with Gasteiger partial charge in [0.1, 0.15) is 6.04 Å². The highest BCUT2D eigenvalue weighted by atomic mass is 127. The van der Waals surface area contributed by atoms with Crippen molar-refractivity contribution >= 4 is 34.6 Å². The van der Waals surface area contributed by atoms with Gasteiger partial charge < -0.3 is 15.0 Å². The molecule has 1 aliphatic rings. The molecule has 0 unspecified atom stereocenters. The second-order valence-electron chi connectivity index (χ2n) is 4.71. The molecule has 0 aromatic heterocycles. The minimum atomic E-state index is -0.579. The van der Waals surface area contributed by atoms with Crippen LogP contribution in [0.2, 0.25) is 0 Å². The Labute approximate surface area is 121 Å². The summed E-state index contributed by atoms with van der Waals surface area (Å²) in [6.07, 6.45) is 0.236. The molecule has 0 bridgehead atoms. The summed E-state index contributed by atoms with van der Waals surface area (Å²) in [4.78, 5) is 25.4. The molecule has 18 heavy (non-hydrogen) atoms. The molecule has 2 amide bonds. The molecule has 1 heterocycles. The molecule has 0 radical (unpaired) electrons. The summed E-state index contributed by atoms with van der Waals surface area (Å²) in [6.45, 7) is 8.26. The Hall–Kier alpha value is -0.790. The molecule has 0 aromatic carbocycles. The van der Waals surface area contributed by atoms with E-state index in [2.05, 4.69) is 39.2 Å². The van der Waals surface area contributed by atoms with Crippen molar-refractivity contribution in [1.82, 2.24) is 10.2 Å². The number of hydrogen-bond donors (Lipinski definition) is 1. The maximum absolute atomic E-state index is 12.4. The first-order valence-corrected chi connectivity index (χ1v) is 7.07. The van der Waals surface area contributed by atoms with Gasteiger partial charge in [-0.05, 0) is 12.3 Å². The van der Waals surface area contributed by atoms with Crippen molar-refractivity contribution in [3.8, 4) is 0 Å². The predicted octanol–water partition coefficient (Wildman–Crippen LogP) is 1.92. The van der Waals surface area contributed by atoms with Crippen molar-refractivity contribution < 1.29 is 14.3 Å². The number of nitrogens with one attached hydrogen (secondary N) is 1. The molecule has 1 fully saturated rings. The molecule has 0 aliphatic carbocycles. The lowest BCUT2D eigenvalue weighted by Crippen LogP contribution is -2.51. The summed E-state index contributed by atoms with van der Waals surface area (Å²) < 4.78 is 4.67. The molecule has 0 aromatic rings. The second kappa shape index (κ2) is 6.40. The normalized spacial score (nSPS) is 21.1. The minimum Gasteiger partial charge on any atom is -0.453 e. The van der Waals surface area contributed by atoms with E-state index in [1.165, 1.54) is 7.11 Å². The Morgan fingerprint density at radius 3 is 2.56 bits per heavy atom. The molecular weight excluding hydrogens is 347 g/mol. The average Bonchev–Trinajstić information content (AvgIpc) is 2.63. The van der Waals surface area contributed by atoms with Crippen LogP contribution in [0, 0.1) is 5.92 Å². The van der Waals surface area contributed by atoms with E-state index in [0.29, 0.717) is 6.54 Å². The van der Waals surface area contributed by atoms with E-state index in [1.54, 1.807) is 4.90 Å². The number of ether oxygens (including phenoxy) is 1. The number of hydrogen-bond acceptors (Lipinski definition) is 3. The monoisotopic (exact) mass is 366 g/mol. The lowest BCUT2D eigenvalue weighted by Gasteiger charge is -2.28. The minimum absolute atomic E-state index is 0.00839. The number of methoxy groups -OCH3 is 1. The lowest BCUT2D eigenvalue weighted by molar-refractivity contribution is -0.133. The average molecular weight is 366 g/mol. The molecule has 5 nitrogen and oxygen atoms in total. The summed E-state index contributed by atoms with van der Waals surface area (Å²) in [5, 5.41) is 2.59. The Morgan fingerprint density at radius 1 is 1.56 bits per heavy atom. The molecule has 0 spiro atoms. The molecule has 1 rings (SSSR count). The first kappa shape index (κ1) is 15.3. The van der Waals surface area contributed by atoms with E-state index in [-0.39, 0.29) is 15.9 Å². The van der Waals surface area contributed by atoms with E-state index >= 15 is 0 Å². The number of alkyl halides is 1. The van der Waals surface area contributed by atoms with Gasteiger partial charge in [-0.1, -0.05) is 48.6 Å². The van der Waals surface area contributed by atoms with Crippen LogP contribution in [-0.4, -0.2) is 40.6 Å². The number of likely N-dealkylation sites (tertiary alicyclic amines) is 1. The van der Waals surface area contributed by atoms with Crippen molar-refractivity contribution in [1.29, 1.82) is 0 Å². The molecule has 0 saturated carbocycles. The summed E-state index contributed by atoms with van der Waals surface area (Å²) in [7, 11) is 1.29. The zero-order valence-electron chi connectivity index (χ0n) is 10.9. The van der Waals surface area contributed by atoms with Gasteiger partial charge in [0, 0.05) is 6.54 Å². The highest BCUT2D eigenvalue weighted by molar-refractivity contribution is 14.1. The zero-order chi connectivity index (χ0) is 13.9. The molecular formula is C12H19IN2O3. The van der Waals surface area contributed by atoms with Crippen LogP contribution in [0.25, 0.3) is 0 Å². The van der Waals surface area contributed by atoms with Crippen molar-refractivity contribution in [3.63, 3.8) is 0 Å². The Kier molecular flexibility index (Phi) is 5.43. The van der Waals surface area contributed by atoms with E-state index < -0.39 is 12.1 Å². The van der Waals surface area contributed by atoms with Crippen LogP contribution in [-0.2, 0) is 9.53 Å².